The van der Waals surface area contributed by atoms with Gasteiger partial charge in [-0.15, -0.1) is 0 Å². The average Bonchev–Trinajstić information content (AvgIpc) is 3.61. The van der Waals surface area contributed by atoms with Crippen molar-refractivity contribution in [2.45, 2.75) is 127 Å². The van der Waals surface area contributed by atoms with E-state index in [-0.39, 0.29) is 53.8 Å². The van der Waals surface area contributed by atoms with Crippen LogP contribution in [0.5, 0.6) is 0 Å². The number of carboxylic acid groups (broad SMARTS) is 1. The fraction of sp³-hybridized carbons (Fsp3) is 0.721. The number of allylic oxidation sites excluding steroid dienone is 2. The third kappa shape index (κ3) is 11.4. The number of hydrogen-bond donors (Lipinski definition) is 10. The van der Waals surface area contributed by atoms with Gasteiger partial charge < -0.3 is 93.7 Å². The molecule has 66 heavy (non-hydrogen) atoms. The van der Waals surface area contributed by atoms with E-state index in [1.807, 2.05) is 0 Å². The zero-order chi connectivity index (χ0) is 48.7. The smallest absolute Gasteiger partial charge is 0.337 e. The molecule has 4 aliphatic heterocycles. The molecule has 2 saturated heterocycles. The van der Waals surface area contributed by atoms with Crippen molar-refractivity contribution in [3.05, 3.63) is 47.0 Å². The summed E-state index contributed by atoms with van der Waals surface area (Å²) in [7, 11) is 1.13. The highest BCUT2D eigenvalue weighted by atomic mass is 16.8. The lowest BCUT2D eigenvalue weighted by Crippen LogP contribution is -2.60. The van der Waals surface area contributed by atoms with Crippen LogP contribution in [0.2, 0.25) is 0 Å². The molecule has 23 nitrogen and oxygen atoms in total. The molecule has 0 bridgehead atoms. The number of aliphatic hydroxyl groups excluding tert-OH is 9. The lowest BCUT2D eigenvalue weighted by molar-refractivity contribution is -0.327. The minimum absolute atomic E-state index is 0.0811. The van der Waals surface area contributed by atoms with Crippen molar-refractivity contribution in [1.29, 1.82) is 0 Å². The number of ether oxygens (including phenoxy) is 9. The molecular weight excluding hydrogens is 884 g/mol. The number of carboxylic acids is 1. The van der Waals surface area contributed by atoms with Crippen molar-refractivity contribution in [3.8, 4) is 0 Å². The fourth-order valence-corrected chi connectivity index (χ4v) is 9.08. The minimum Gasteiger partial charge on any atom is -0.478 e. The summed E-state index contributed by atoms with van der Waals surface area (Å²) in [6, 6.07) is 0. The van der Waals surface area contributed by atoms with E-state index in [0.29, 0.717) is 0 Å². The normalized spacial score (nSPS) is 39.8. The van der Waals surface area contributed by atoms with Gasteiger partial charge in [0.05, 0.1) is 63.4 Å². The van der Waals surface area contributed by atoms with Crippen LogP contribution in [0.15, 0.2) is 47.0 Å². The third-order valence-electron chi connectivity index (χ3n) is 13.1. The first-order chi connectivity index (χ1) is 31.3. The Kier molecular flexibility index (Phi) is 18.7. The number of carbonyl (C=O) groups excluding carboxylic acids is 3. The Balaban J connectivity index is 1.26. The first-order valence-electron chi connectivity index (χ1n) is 21.6. The maximum absolute atomic E-state index is 13.7. The molecule has 4 heterocycles. The monoisotopic (exact) mass is 946 g/mol. The maximum atomic E-state index is 13.7. The molecule has 0 unspecified atom stereocenters. The molecular formula is C43H62O23. The van der Waals surface area contributed by atoms with Gasteiger partial charge in [0.2, 0.25) is 12.6 Å². The van der Waals surface area contributed by atoms with Crippen LogP contribution in [0.3, 0.4) is 0 Å². The fourth-order valence-electron chi connectivity index (χ4n) is 9.08. The number of carbonyl (C=O) groups is 4. The number of rotatable bonds is 17. The van der Waals surface area contributed by atoms with Gasteiger partial charge in [-0.3, -0.25) is 9.59 Å². The molecule has 5 aliphatic rings. The summed E-state index contributed by atoms with van der Waals surface area (Å²) < 4.78 is 50.3. The van der Waals surface area contributed by atoms with E-state index in [9.17, 15) is 70.2 Å². The van der Waals surface area contributed by atoms with Gasteiger partial charge in [0.1, 0.15) is 54.9 Å². The SMILES string of the molecule is C/C=C1/[C@H](O[C@@H]2O[C@H](CO)[C@@H](O)[C@H](O)[C@H]2O)OC=C(C(=O)OC)[C@H]1CC(=O)OC[C@H]1[C@@H](C)[C@@H](OC(=O)C[C@H]2C(C(=O)O)=CO[C@@H](O[C@@H]3O[C@H](CO)[C@@H](O)[C@H](O)[C@H]3O)/C2=C/C)C[C@H]1[C@H](C)CO. The van der Waals surface area contributed by atoms with Gasteiger partial charge in [-0.25, -0.2) is 9.59 Å². The van der Waals surface area contributed by atoms with Crippen LogP contribution in [0.4, 0.5) is 0 Å². The number of aliphatic carboxylic acids is 1. The van der Waals surface area contributed by atoms with Crippen LogP contribution in [-0.2, 0) is 61.8 Å². The van der Waals surface area contributed by atoms with Crippen LogP contribution in [0.1, 0.15) is 47.0 Å². The zero-order valence-electron chi connectivity index (χ0n) is 37.0. The van der Waals surface area contributed by atoms with E-state index in [1.165, 1.54) is 19.1 Å². The van der Waals surface area contributed by atoms with Gasteiger partial charge in [-0.1, -0.05) is 26.0 Å². The lowest BCUT2D eigenvalue weighted by Gasteiger charge is -2.41. The molecule has 0 aromatic heterocycles. The molecule has 1 saturated carbocycles. The van der Waals surface area contributed by atoms with E-state index in [0.717, 1.165) is 19.6 Å². The first kappa shape index (κ1) is 52.9. The summed E-state index contributed by atoms with van der Waals surface area (Å²) in [6.07, 6.45) is -15.8. The van der Waals surface area contributed by atoms with Crippen molar-refractivity contribution in [2.24, 2.45) is 35.5 Å². The molecule has 0 amide bonds. The highest BCUT2D eigenvalue weighted by Gasteiger charge is 2.50. The lowest BCUT2D eigenvalue weighted by atomic mass is 9.83. The van der Waals surface area contributed by atoms with Crippen LogP contribution >= 0.6 is 0 Å². The molecule has 10 N–H and O–H groups in total. The van der Waals surface area contributed by atoms with Crippen molar-refractivity contribution < 1.29 is 113 Å². The molecule has 19 atom stereocenters. The van der Waals surface area contributed by atoms with Crippen LogP contribution in [0, 0.1) is 35.5 Å². The number of esters is 3. The highest BCUT2D eigenvalue weighted by Crippen LogP contribution is 2.44. The van der Waals surface area contributed by atoms with Crippen molar-refractivity contribution in [2.75, 3.05) is 33.5 Å². The van der Waals surface area contributed by atoms with Gasteiger partial charge in [0.25, 0.3) is 0 Å². The topological polar surface area (TPSA) is 354 Å². The number of methoxy groups -OCH3 is 1. The summed E-state index contributed by atoms with van der Waals surface area (Å²) in [5.74, 6) is -7.72. The van der Waals surface area contributed by atoms with Crippen molar-refractivity contribution in [3.63, 3.8) is 0 Å². The predicted molar refractivity (Wildman–Crippen MR) is 217 cm³/mol. The molecule has 0 aromatic rings. The molecule has 3 fully saturated rings. The third-order valence-corrected chi connectivity index (χ3v) is 13.1. The standard InChI is InChI=1S/C43H62O23/c1-6-19-22(25(38(55)56)15-60-40(19)65-42-36(53)34(51)32(49)28(12-45)63-42)10-31(48)62-27-8-21(17(3)11-44)24(18(27)4)14-59-30(47)9-23-20(7-2)41(61-16-26(23)39(57)58-5)66-43-37(54)35(52)33(50)29(13-46)64-43/h6-7,15-18,21-24,27-29,32-37,40-46,49-54H,8-14H2,1-5H3,(H,55,56)/b19-6+,20-7+/t17-,18-,21+,22-,23+,24+,27+,28-,29-,32-,33-,34+,35+,36-,37-,40+,41+,42+,43+/m1/s1. The zero-order valence-corrected chi connectivity index (χ0v) is 37.0. The van der Waals surface area contributed by atoms with Gasteiger partial charge in [0, 0.05) is 35.5 Å². The van der Waals surface area contributed by atoms with Gasteiger partial charge in [0.15, 0.2) is 12.6 Å². The molecule has 372 valence electrons. The Morgan fingerprint density at radius 1 is 0.742 bits per heavy atom. The summed E-state index contributed by atoms with van der Waals surface area (Å²) in [5, 5.41) is 101. The largest absolute Gasteiger partial charge is 0.478 e. The average molecular weight is 947 g/mol. The van der Waals surface area contributed by atoms with E-state index >= 15 is 0 Å². The Morgan fingerprint density at radius 2 is 1.23 bits per heavy atom. The van der Waals surface area contributed by atoms with Gasteiger partial charge in [-0.2, -0.15) is 0 Å². The van der Waals surface area contributed by atoms with Crippen molar-refractivity contribution in [1.82, 2.24) is 0 Å². The quantitative estimate of drug-likeness (QED) is 0.0413. The molecule has 0 spiro atoms. The number of aliphatic hydroxyl groups is 9. The Morgan fingerprint density at radius 3 is 1.68 bits per heavy atom. The van der Waals surface area contributed by atoms with E-state index in [1.54, 1.807) is 20.8 Å². The maximum Gasteiger partial charge on any atom is 0.337 e. The van der Waals surface area contributed by atoms with Gasteiger partial charge >= 0.3 is 23.9 Å². The molecule has 0 radical (unpaired) electrons. The summed E-state index contributed by atoms with van der Waals surface area (Å²) in [6.45, 7) is 4.74. The second-order valence-corrected chi connectivity index (χ2v) is 16.9. The molecule has 1 aliphatic carbocycles. The van der Waals surface area contributed by atoms with Crippen molar-refractivity contribution >= 4 is 23.9 Å². The second-order valence-electron chi connectivity index (χ2n) is 16.9. The van der Waals surface area contributed by atoms with E-state index < -0.39 is 154 Å². The summed E-state index contributed by atoms with van der Waals surface area (Å²) in [5.41, 5.74) is -0.0738. The second kappa shape index (κ2) is 23.3. The number of hydrogen-bond acceptors (Lipinski definition) is 22. The van der Waals surface area contributed by atoms with Crippen LogP contribution in [0.25, 0.3) is 0 Å². The summed E-state index contributed by atoms with van der Waals surface area (Å²) >= 11 is 0. The van der Waals surface area contributed by atoms with E-state index in [2.05, 4.69) is 0 Å². The summed E-state index contributed by atoms with van der Waals surface area (Å²) in [4.78, 5) is 52.6. The van der Waals surface area contributed by atoms with Gasteiger partial charge in [-0.05, 0) is 38.0 Å². The molecule has 23 heteroatoms. The van der Waals surface area contributed by atoms with E-state index in [4.69, 9.17) is 42.6 Å². The Labute approximate surface area is 379 Å². The Hall–Kier alpha value is -4.08. The predicted octanol–water partition coefficient (Wildman–Crippen LogP) is -2.38. The first-order valence-corrected chi connectivity index (χ1v) is 21.6. The highest BCUT2D eigenvalue weighted by molar-refractivity contribution is 5.91. The minimum atomic E-state index is -1.80. The Bertz CT molecular complexity index is 1830. The molecule has 0 aromatic carbocycles. The van der Waals surface area contributed by atoms with Crippen LogP contribution in [-0.4, -0.2) is 189 Å². The molecule has 5 rings (SSSR count). The van der Waals surface area contributed by atoms with Crippen LogP contribution < -0.4 is 0 Å².